The summed E-state index contributed by atoms with van der Waals surface area (Å²) < 4.78 is 11.2. The Labute approximate surface area is 162 Å². The van der Waals surface area contributed by atoms with Gasteiger partial charge in [0.25, 0.3) is 5.91 Å². The fourth-order valence-corrected chi connectivity index (χ4v) is 2.67. The minimum atomic E-state index is -0.0855. The topological polar surface area (TPSA) is 47.6 Å². The van der Waals surface area contributed by atoms with Crippen molar-refractivity contribution in [2.24, 2.45) is 0 Å². The number of carbonyl (C=O) groups excluding carboxylic acids is 1. The second-order valence-electron chi connectivity index (χ2n) is 7.70. The first-order valence-electron chi connectivity index (χ1n) is 9.53. The second kappa shape index (κ2) is 9.45. The zero-order valence-electron chi connectivity index (χ0n) is 17.1. The molecule has 0 aliphatic carbocycles. The number of methoxy groups -OCH3 is 1. The number of hydrogen-bond acceptors (Lipinski definition) is 3. The Morgan fingerprint density at radius 3 is 2.33 bits per heavy atom. The van der Waals surface area contributed by atoms with Crippen molar-refractivity contribution in [3.05, 3.63) is 59.2 Å². The standard InChI is InChI=1S/C23H31NO3/c1-6-7-14-27-20-13-8-17(15-21(20)26-5)16-24-22(25)18-9-11-19(12-10-18)23(2,3)4/h8-13,15H,6-7,14,16H2,1-5H3,(H,24,25). The Kier molecular flexibility index (Phi) is 7.28. The first-order valence-corrected chi connectivity index (χ1v) is 9.53. The van der Waals surface area contributed by atoms with Gasteiger partial charge in [-0.1, -0.05) is 52.3 Å². The van der Waals surface area contributed by atoms with E-state index in [1.165, 1.54) is 5.56 Å². The molecule has 1 N–H and O–H groups in total. The molecule has 0 aliphatic heterocycles. The molecule has 0 spiro atoms. The average molecular weight is 370 g/mol. The van der Waals surface area contributed by atoms with Crippen molar-refractivity contribution in [2.45, 2.75) is 52.5 Å². The fraction of sp³-hybridized carbons (Fsp3) is 0.435. The van der Waals surface area contributed by atoms with Gasteiger partial charge in [-0.15, -0.1) is 0 Å². The van der Waals surface area contributed by atoms with E-state index in [0.717, 1.165) is 24.2 Å². The largest absolute Gasteiger partial charge is 0.493 e. The van der Waals surface area contributed by atoms with E-state index in [0.29, 0.717) is 24.5 Å². The highest BCUT2D eigenvalue weighted by Crippen LogP contribution is 2.28. The van der Waals surface area contributed by atoms with E-state index >= 15 is 0 Å². The lowest BCUT2D eigenvalue weighted by molar-refractivity contribution is 0.0951. The zero-order chi connectivity index (χ0) is 19.9. The van der Waals surface area contributed by atoms with E-state index in [-0.39, 0.29) is 11.3 Å². The summed E-state index contributed by atoms with van der Waals surface area (Å²) in [6.45, 7) is 9.71. The molecule has 4 nitrogen and oxygen atoms in total. The summed E-state index contributed by atoms with van der Waals surface area (Å²) in [5, 5.41) is 2.96. The molecule has 1 amide bonds. The number of nitrogens with one attached hydrogen (secondary N) is 1. The van der Waals surface area contributed by atoms with Gasteiger partial charge >= 0.3 is 0 Å². The van der Waals surface area contributed by atoms with Crippen LogP contribution in [0, 0.1) is 0 Å². The summed E-state index contributed by atoms with van der Waals surface area (Å²) >= 11 is 0. The molecule has 0 bridgehead atoms. The van der Waals surface area contributed by atoms with E-state index in [4.69, 9.17) is 9.47 Å². The van der Waals surface area contributed by atoms with Gasteiger partial charge in [-0.3, -0.25) is 4.79 Å². The molecule has 2 aromatic carbocycles. The van der Waals surface area contributed by atoms with Crippen molar-refractivity contribution in [3.8, 4) is 11.5 Å². The maximum absolute atomic E-state index is 12.4. The highest BCUT2D eigenvalue weighted by atomic mass is 16.5. The Bertz CT molecular complexity index is 745. The summed E-state index contributed by atoms with van der Waals surface area (Å²) in [5.74, 6) is 1.34. The van der Waals surface area contributed by atoms with Crippen LogP contribution in [-0.4, -0.2) is 19.6 Å². The summed E-state index contributed by atoms with van der Waals surface area (Å²) in [5.41, 5.74) is 2.92. The molecule has 0 radical (unpaired) electrons. The maximum Gasteiger partial charge on any atom is 0.251 e. The van der Waals surface area contributed by atoms with Gasteiger partial charge in [0, 0.05) is 12.1 Å². The number of unbranched alkanes of at least 4 members (excludes halogenated alkanes) is 1. The SMILES string of the molecule is CCCCOc1ccc(CNC(=O)c2ccc(C(C)(C)C)cc2)cc1OC. The van der Waals surface area contributed by atoms with Crippen LogP contribution >= 0.6 is 0 Å². The van der Waals surface area contributed by atoms with E-state index in [9.17, 15) is 4.79 Å². The van der Waals surface area contributed by atoms with Crippen molar-refractivity contribution in [1.29, 1.82) is 0 Å². The summed E-state index contributed by atoms with van der Waals surface area (Å²) in [6, 6.07) is 13.5. The van der Waals surface area contributed by atoms with Gasteiger partial charge in [0.1, 0.15) is 0 Å². The molecular weight excluding hydrogens is 338 g/mol. The Balaban J connectivity index is 1.98. The minimum Gasteiger partial charge on any atom is -0.493 e. The monoisotopic (exact) mass is 369 g/mol. The van der Waals surface area contributed by atoms with Crippen molar-refractivity contribution < 1.29 is 14.3 Å². The van der Waals surface area contributed by atoms with Crippen molar-refractivity contribution in [1.82, 2.24) is 5.32 Å². The van der Waals surface area contributed by atoms with Crippen LogP contribution in [0.1, 0.15) is 62.0 Å². The van der Waals surface area contributed by atoms with Crippen LogP contribution in [0.3, 0.4) is 0 Å². The lowest BCUT2D eigenvalue weighted by atomic mass is 9.87. The van der Waals surface area contributed by atoms with Gasteiger partial charge < -0.3 is 14.8 Å². The first-order chi connectivity index (χ1) is 12.8. The molecule has 0 fully saturated rings. The number of carbonyl (C=O) groups is 1. The Hall–Kier alpha value is -2.49. The molecule has 0 atom stereocenters. The molecular formula is C23H31NO3. The number of ether oxygens (including phenoxy) is 2. The lowest BCUT2D eigenvalue weighted by Crippen LogP contribution is -2.23. The molecule has 2 rings (SSSR count). The average Bonchev–Trinajstić information content (AvgIpc) is 2.66. The van der Waals surface area contributed by atoms with Crippen LogP contribution in [0.25, 0.3) is 0 Å². The van der Waals surface area contributed by atoms with Gasteiger partial charge in [-0.2, -0.15) is 0 Å². The van der Waals surface area contributed by atoms with Crippen LogP contribution in [0.5, 0.6) is 11.5 Å². The van der Waals surface area contributed by atoms with E-state index in [1.54, 1.807) is 7.11 Å². The highest BCUT2D eigenvalue weighted by Gasteiger charge is 2.14. The van der Waals surface area contributed by atoms with Gasteiger partial charge in [0.2, 0.25) is 0 Å². The zero-order valence-corrected chi connectivity index (χ0v) is 17.1. The number of hydrogen-bond donors (Lipinski definition) is 1. The quantitative estimate of drug-likeness (QED) is 0.659. The summed E-state index contributed by atoms with van der Waals surface area (Å²) in [6.07, 6.45) is 2.10. The fourth-order valence-electron chi connectivity index (χ4n) is 2.67. The molecule has 146 valence electrons. The maximum atomic E-state index is 12.4. The molecule has 0 heterocycles. The third-order valence-corrected chi connectivity index (χ3v) is 4.45. The molecule has 0 saturated carbocycles. The Morgan fingerprint density at radius 2 is 1.74 bits per heavy atom. The predicted octanol–water partition coefficient (Wildman–Crippen LogP) is 5.10. The third kappa shape index (κ3) is 6.02. The summed E-state index contributed by atoms with van der Waals surface area (Å²) in [7, 11) is 1.63. The van der Waals surface area contributed by atoms with Gasteiger partial charge in [-0.25, -0.2) is 0 Å². The Morgan fingerprint density at radius 1 is 1.04 bits per heavy atom. The van der Waals surface area contributed by atoms with E-state index < -0.39 is 0 Å². The molecule has 0 aromatic heterocycles. The van der Waals surface area contributed by atoms with Crippen LogP contribution in [-0.2, 0) is 12.0 Å². The first kappa shape index (κ1) is 20.8. The van der Waals surface area contributed by atoms with Crippen molar-refractivity contribution in [2.75, 3.05) is 13.7 Å². The van der Waals surface area contributed by atoms with Crippen LogP contribution in [0.15, 0.2) is 42.5 Å². The lowest BCUT2D eigenvalue weighted by Gasteiger charge is -2.19. The molecule has 27 heavy (non-hydrogen) atoms. The van der Waals surface area contributed by atoms with Gasteiger partial charge in [0.05, 0.1) is 13.7 Å². The molecule has 0 unspecified atom stereocenters. The molecule has 0 saturated heterocycles. The van der Waals surface area contributed by atoms with Gasteiger partial charge in [0.15, 0.2) is 11.5 Å². The smallest absolute Gasteiger partial charge is 0.251 e. The second-order valence-corrected chi connectivity index (χ2v) is 7.70. The molecule has 2 aromatic rings. The van der Waals surface area contributed by atoms with E-state index in [1.807, 2.05) is 42.5 Å². The number of amides is 1. The van der Waals surface area contributed by atoms with Crippen LogP contribution in [0.2, 0.25) is 0 Å². The molecule has 0 aliphatic rings. The van der Waals surface area contributed by atoms with Gasteiger partial charge in [-0.05, 0) is 47.2 Å². The minimum absolute atomic E-state index is 0.0759. The predicted molar refractivity (Wildman–Crippen MR) is 110 cm³/mol. The van der Waals surface area contributed by atoms with Crippen LogP contribution < -0.4 is 14.8 Å². The molecule has 4 heteroatoms. The van der Waals surface area contributed by atoms with E-state index in [2.05, 4.69) is 33.0 Å². The number of rotatable bonds is 8. The third-order valence-electron chi connectivity index (χ3n) is 4.45. The summed E-state index contributed by atoms with van der Waals surface area (Å²) in [4.78, 5) is 12.4. The normalized spacial score (nSPS) is 11.1. The van der Waals surface area contributed by atoms with Crippen molar-refractivity contribution >= 4 is 5.91 Å². The number of benzene rings is 2. The van der Waals surface area contributed by atoms with Crippen LogP contribution in [0.4, 0.5) is 0 Å². The van der Waals surface area contributed by atoms with Crippen molar-refractivity contribution in [3.63, 3.8) is 0 Å². The highest BCUT2D eigenvalue weighted by molar-refractivity contribution is 5.94.